The van der Waals surface area contributed by atoms with E-state index in [0.29, 0.717) is 5.39 Å². The topological polar surface area (TPSA) is 65.7 Å². The van der Waals surface area contributed by atoms with E-state index >= 15 is 0 Å². The Bertz CT molecular complexity index is 643. The summed E-state index contributed by atoms with van der Waals surface area (Å²) in [5.41, 5.74) is -0.00824. The van der Waals surface area contributed by atoms with Gasteiger partial charge in [0.05, 0.1) is 13.2 Å². The average Bonchev–Trinajstić information content (AvgIpc) is 2.84. The zero-order valence-electron chi connectivity index (χ0n) is 11.7. The van der Waals surface area contributed by atoms with Crippen LogP contribution in [0.1, 0.15) is 25.5 Å². The molecule has 1 aromatic carbocycles. The Morgan fingerprint density at radius 3 is 2.33 bits per heavy atom. The fourth-order valence-electron chi connectivity index (χ4n) is 1.97. The van der Waals surface area contributed by atoms with Gasteiger partial charge >= 0.3 is 11.9 Å². The first-order valence-corrected chi connectivity index (χ1v) is 6.59. The molecule has 0 N–H and O–H groups in total. The van der Waals surface area contributed by atoms with Crippen molar-refractivity contribution in [1.29, 1.82) is 0 Å². The van der Waals surface area contributed by atoms with E-state index in [9.17, 15) is 14.0 Å². The van der Waals surface area contributed by atoms with Crippen LogP contribution in [0, 0.1) is 5.82 Å². The zero-order chi connectivity index (χ0) is 15.4. The fourth-order valence-corrected chi connectivity index (χ4v) is 1.97. The van der Waals surface area contributed by atoms with Crippen LogP contribution in [-0.2, 0) is 19.1 Å². The molecular formula is C15H15FO5. The Labute approximate surface area is 120 Å². The summed E-state index contributed by atoms with van der Waals surface area (Å²) >= 11 is 0. The van der Waals surface area contributed by atoms with Crippen LogP contribution >= 0.6 is 0 Å². The molecular weight excluding hydrogens is 279 g/mol. The first kappa shape index (κ1) is 15.0. The fraction of sp³-hybridized carbons (Fsp3) is 0.333. The van der Waals surface area contributed by atoms with Crippen LogP contribution in [-0.4, -0.2) is 25.2 Å². The summed E-state index contributed by atoms with van der Waals surface area (Å²) in [6.07, 6.45) is 0. The first-order valence-electron chi connectivity index (χ1n) is 6.59. The predicted octanol–water partition coefficient (Wildman–Crippen LogP) is 2.78. The number of carbonyl (C=O) groups is 2. The number of para-hydroxylation sites is 1. The standard InChI is InChI=1S/C15H15FO5/c1-3-19-14(17)12(15(18)20-4-2)11-8-9-6-5-7-10(16)13(9)21-11/h5-8,12H,3-4H2,1-2H3. The Morgan fingerprint density at radius 1 is 1.19 bits per heavy atom. The van der Waals surface area contributed by atoms with Crippen LogP contribution < -0.4 is 0 Å². The smallest absolute Gasteiger partial charge is 0.328 e. The number of fused-ring (bicyclic) bond motifs is 1. The van der Waals surface area contributed by atoms with E-state index in [1.807, 2.05) is 0 Å². The summed E-state index contributed by atoms with van der Waals surface area (Å²) in [4.78, 5) is 23.9. The summed E-state index contributed by atoms with van der Waals surface area (Å²) in [6.45, 7) is 3.48. The van der Waals surface area contributed by atoms with Gasteiger partial charge in [0.15, 0.2) is 11.4 Å². The molecule has 112 valence electrons. The highest BCUT2D eigenvalue weighted by atomic mass is 19.1. The van der Waals surface area contributed by atoms with E-state index < -0.39 is 23.7 Å². The van der Waals surface area contributed by atoms with Crippen LogP contribution in [0.2, 0.25) is 0 Å². The number of furan rings is 1. The third-order valence-electron chi connectivity index (χ3n) is 2.84. The normalized spacial score (nSPS) is 10.9. The van der Waals surface area contributed by atoms with Crippen molar-refractivity contribution in [3.05, 3.63) is 35.8 Å². The van der Waals surface area contributed by atoms with Crippen LogP contribution in [0.15, 0.2) is 28.7 Å². The molecule has 0 saturated heterocycles. The van der Waals surface area contributed by atoms with Gasteiger partial charge in [0.25, 0.3) is 0 Å². The highest BCUT2D eigenvalue weighted by Crippen LogP contribution is 2.28. The molecule has 0 radical (unpaired) electrons. The van der Waals surface area contributed by atoms with Gasteiger partial charge < -0.3 is 13.9 Å². The maximum Gasteiger partial charge on any atom is 0.328 e. The summed E-state index contributed by atoms with van der Waals surface area (Å²) in [5, 5.41) is 0.462. The van der Waals surface area contributed by atoms with Crippen molar-refractivity contribution in [3.63, 3.8) is 0 Å². The second kappa shape index (κ2) is 6.39. The minimum absolute atomic E-state index is 0.00648. The Hall–Kier alpha value is -2.37. The second-order valence-corrected chi connectivity index (χ2v) is 4.24. The summed E-state index contributed by atoms with van der Waals surface area (Å²) in [6, 6.07) is 5.82. The van der Waals surface area contributed by atoms with E-state index in [0.717, 1.165) is 0 Å². The van der Waals surface area contributed by atoms with Crippen LogP contribution in [0.25, 0.3) is 11.0 Å². The molecule has 0 bridgehead atoms. The van der Waals surface area contributed by atoms with Crippen molar-refractivity contribution in [1.82, 2.24) is 0 Å². The second-order valence-electron chi connectivity index (χ2n) is 4.24. The number of hydrogen-bond donors (Lipinski definition) is 0. The molecule has 5 nitrogen and oxygen atoms in total. The molecule has 1 aromatic heterocycles. The van der Waals surface area contributed by atoms with Gasteiger partial charge in [0, 0.05) is 5.39 Å². The molecule has 0 atom stereocenters. The summed E-state index contributed by atoms with van der Waals surface area (Å²) in [5.74, 6) is -3.47. The first-order chi connectivity index (χ1) is 10.1. The lowest BCUT2D eigenvalue weighted by molar-refractivity contribution is -0.157. The molecule has 0 aliphatic heterocycles. The molecule has 0 spiro atoms. The van der Waals surface area contributed by atoms with Crippen molar-refractivity contribution in [2.75, 3.05) is 13.2 Å². The summed E-state index contributed by atoms with van der Waals surface area (Å²) < 4.78 is 28.7. The van der Waals surface area contributed by atoms with Gasteiger partial charge in [-0.25, -0.2) is 4.39 Å². The SMILES string of the molecule is CCOC(=O)C(C(=O)OCC)c1cc2cccc(F)c2o1. The van der Waals surface area contributed by atoms with Gasteiger partial charge in [-0.3, -0.25) is 9.59 Å². The maximum absolute atomic E-state index is 13.6. The third-order valence-corrected chi connectivity index (χ3v) is 2.84. The molecule has 0 unspecified atom stereocenters. The van der Waals surface area contributed by atoms with Crippen molar-refractivity contribution in [3.8, 4) is 0 Å². The number of rotatable bonds is 5. The van der Waals surface area contributed by atoms with E-state index in [1.165, 1.54) is 18.2 Å². The lowest BCUT2D eigenvalue weighted by atomic mass is 10.1. The number of carbonyl (C=O) groups excluding carboxylic acids is 2. The quantitative estimate of drug-likeness (QED) is 0.626. The molecule has 0 amide bonds. The van der Waals surface area contributed by atoms with Crippen LogP contribution in [0.3, 0.4) is 0 Å². The van der Waals surface area contributed by atoms with Gasteiger partial charge in [-0.05, 0) is 26.0 Å². The molecule has 2 aromatic rings. The van der Waals surface area contributed by atoms with Gasteiger partial charge in [0.2, 0.25) is 5.92 Å². The monoisotopic (exact) mass is 294 g/mol. The molecule has 6 heteroatoms. The van der Waals surface area contributed by atoms with Crippen molar-refractivity contribution in [2.45, 2.75) is 19.8 Å². The van der Waals surface area contributed by atoms with Gasteiger partial charge in [-0.1, -0.05) is 12.1 Å². The largest absolute Gasteiger partial charge is 0.465 e. The van der Waals surface area contributed by atoms with Crippen molar-refractivity contribution < 1.29 is 27.9 Å². The average molecular weight is 294 g/mol. The Kier molecular flexibility index (Phi) is 4.57. The number of esters is 2. The van der Waals surface area contributed by atoms with Gasteiger partial charge in [-0.15, -0.1) is 0 Å². The highest BCUT2D eigenvalue weighted by Gasteiger charge is 2.35. The van der Waals surface area contributed by atoms with E-state index in [-0.39, 0.29) is 24.6 Å². The number of ether oxygens (including phenoxy) is 2. The predicted molar refractivity (Wildman–Crippen MR) is 72.2 cm³/mol. The lowest BCUT2D eigenvalue weighted by Gasteiger charge is -2.11. The number of hydrogen-bond acceptors (Lipinski definition) is 5. The minimum Gasteiger partial charge on any atom is -0.465 e. The van der Waals surface area contributed by atoms with Crippen LogP contribution in [0.4, 0.5) is 4.39 Å². The zero-order valence-corrected chi connectivity index (χ0v) is 11.7. The Morgan fingerprint density at radius 2 is 1.81 bits per heavy atom. The molecule has 21 heavy (non-hydrogen) atoms. The number of benzene rings is 1. The third kappa shape index (κ3) is 3.04. The van der Waals surface area contributed by atoms with Crippen LogP contribution in [0.5, 0.6) is 0 Å². The molecule has 0 saturated carbocycles. The molecule has 0 aliphatic carbocycles. The molecule has 0 fully saturated rings. The van der Waals surface area contributed by atoms with E-state index in [1.54, 1.807) is 19.9 Å². The lowest BCUT2D eigenvalue weighted by Crippen LogP contribution is -2.25. The van der Waals surface area contributed by atoms with Crippen molar-refractivity contribution in [2.24, 2.45) is 0 Å². The van der Waals surface area contributed by atoms with Crippen molar-refractivity contribution >= 4 is 22.9 Å². The Balaban J connectivity index is 2.45. The van der Waals surface area contributed by atoms with Gasteiger partial charge in [-0.2, -0.15) is 0 Å². The highest BCUT2D eigenvalue weighted by molar-refractivity contribution is 6.01. The molecule has 0 aliphatic rings. The molecule has 1 heterocycles. The van der Waals surface area contributed by atoms with E-state index in [2.05, 4.69) is 0 Å². The number of halogens is 1. The molecule has 2 rings (SSSR count). The minimum atomic E-state index is -1.35. The maximum atomic E-state index is 13.6. The summed E-state index contributed by atoms with van der Waals surface area (Å²) in [7, 11) is 0. The van der Waals surface area contributed by atoms with E-state index in [4.69, 9.17) is 13.9 Å². The van der Waals surface area contributed by atoms with Gasteiger partial charge in [0.1, 0.15) is 5.76 Å².